The molecule has 20 heavy (non-hydrogen) atoms. The third-order valence-corrected chi connectivity index (χ3v) is 3.54. The van der Waals surface area contributed by atoms with E-state index < -0.39 is 0 Å². The van der Waals surface area contributed by atoms with E-state index >= 15 is 0 Å². The third-order valence-electron chi connectivity index (χ3n) is 3.54. The molecule has 0 heterocycles. The molecule has 2 rings (SSSR count). The van der Waals surface area contributed by atoms with Crippen LogP contribution in [0.2, 0.25) is 0 Å². The zero-order valence-electron chi connectivity index (χ0n) is 12.4. The Morgan fingerprint density at radius 3 is 2.15 bits per heavy atom. The predicted octanol–water partition coefficient (Wildman–Crippen LogP) is 3.88. The van der Waals surface area contributed by atoms with E-state index in [9.17, 15) is 4.79 Å². The first-order chi connectivity index (χ1) is 9.60. The molecule has 0 aliphatic rings. The number of ketones is 1. The van der Waals surface area contributed by atoms with E-state index in [1.165, 1.54) is 11.1 Å². The maximum atomic E-state index is 12.2. The van der Waals surface area contributed by atoms with Crippen LogP contribution in [-0.4, -0.2) is 19.4 Å². The number of hydrogen-bond acceptors (Lipinski definition) is 2. The molecule has 0 amide bonds. The Morgan fingerprint density at radius 1 is 1.00 bits per heavy atom. The van der Waals surface area contributed by atoms with Crippen molar-refractivity contribution >= 4 is 11.5 Å². The fraction of sp³-hybridized carbons (Fsp3) is 0.278. The molecule has 0 spiro atoms. The van der Waals surface area contributed by atoms with E-state index in [0.717, 1.165) is 17.7 Å². The van der Waals surface area contributed by atoms with Crippen LogP contribution in [0.1, 0.15) is 28.4 Å². The van der Waals surface area contributed by atoms with Gasteiger partial charge in [-0.1, -0.05) is 48.9 Å². The van der Waals surface area contributed by atoms with Crippen LogP contribution in [0.15, 0.2) is 48.5 Å². The fourth-order valence-electron chi connectivity index (χ4n) is 2.12. The standard InChI is InChI=1S/C18H21NO/c1-4-15-7-11-17(12-8-15)19(3)13-18(20)16-9-5-14(2)6-10-16/h5-12H,4,13H2,1-3H3. The molecule has 104 valence electrons. The first kappa shape index (κ1) is 14.3. The molecule has 0 saturated carbocycles. The second-order valence-electron chi connectivity index (χ2n) is 5.17. The molecule has 0 aliphatic heterocycles. The Labute approximate surface area is 121 Å². The Morgan fingerprint density at radius 2 is 1.60 bits per heavy atom. The van der Waals surface area contributed by atoms with Crippen LogP contribution in [0.5, 0.6) is 0 Å². The average molecular weight is 267 g/mol. The van der Waals surface area contributed by atoms with Crippen molar-refractivity contribution in [3.05, 3.63) is 65.2 Å². The number of likely N-dealkylation sites (N-methyl/N-ethyl adjacent to an activating group) is 1. The van der Waals surface area contributed by atoms with Crippen molar-refractivity contribution in [2.45, 2.75) is 20.3 Å². The second kappa shape index (κ2) is 6.38. The molecular formula is C18H21NO. The Bertz CT molecular complexity index is 569. The normalized spacial score (nSPS) is 10.3. The number of benzene rings is 2. The van der Waals surface area contributed by atoms with E-state index in [4.69, 9.17) is 0 Å². The minimum atomic E-state index is 0.145. The van der Waals surface area contributed by atoms with Gasteiger partial charge in [-0.05, 0) is 31.0 Å². The summed E-state index contributed by atoms with van der Waals surface area (Å²) < 4.78 is 0. The monoisotopic (exact) mass is 267 g/mol. The van der Waals surface area contributed by atoms with Gasteiger partial charge in [-0.2, -0.15) is 0 Å². The first-order valence-corrected chi connectivity index (χ1v) is 7.00. The topological polar surface area (TPSA) is 20.3 Å². The van der Waals surface area contributed by atoms with Crippen LogP contribution in [0, 0.1) is 6.92 Å². The largest absolute Gasteiger partial charge is 0.367 e. The third kappa shape index (κ3) is 3.47. The highest BCUT2D eigenvalue weighted by molar-refractivity contribution is 5.99. The summed E-state index contributed by atoms with van der Waals surface area (Å²) in [5, 5.41) is 0. The van der Waals surface area contributed by atoms with Crippen LogP contribution < -0.4 is 4.90 Å². The van der Waals surface area contributed by atoms with Crippen molar-refractivity contribution in [1.29, 1.82) is 0 Å². The van der Waals surface area contributed by atoms with Gasteiger partial charge < -0.3 is 4.90 Å². The number of carbonyl (C=O) groups is 1. The molecular weight excluding hydrogens is 246 g/mol. The van der Waals surface area contributed by atoms with Gasteiger partial charge in [0, 0.05) is 18.3 Å². The van der Waals surface area contributed by atoms with Gasteiger partial charge in [0.1, 0.15) is 0 Å². The second-order valence-corrected chi connectivity index (χ2v) is 5.17. The van der Waals surface area contributed by atoms with Crippen LogP contribution in [0.25, 0.3) is 0 Å². The number of hydrogen-bond donors (Lipinski definition) is 0. The molecule has 2 nitrogen and oxygen atoms in total. The average Bonchev–Trinajstić information content (AvgIpc) is 2.48. The van der Waals surface area contributed by atoms with Crippen LogP contribution >= 0.6 is 0 Å². The van der Waals surface area contributed by atoms with Crippen molar-refractivity contribution in [3.8, 4) is 0 Å². The number of nitrogens with zero attached hydrogens (tertiary/aromatic N) is 1. The van der Waals surface area contributed by atoms with Gasteiger partial charge >= 0.3 is 0 Å². The van der Waals surface area contributed by atoms with Crippen molar-refractivity contribution < 1.29 is 4.79 Å². The van der Waals surface area contributed by atoms with Gasteiger partial charge in [-0.15, -0.1) is 0 Å². The Kier molecular flexibility index (Phi) is 4.57. The summed E-state index contributed by atoms with van der Waals surface area (Å²) in [4.78, 5) is 14.2. The molecule has 0 aliphatic carbocycles. The smallest absolute Gasteiger partial charge is 0.182 e. The number of aryl methyl sites for hydroxylation is 2. The molecule has 0 fully saturated rings. The maximum absolute atomic E-state index is 12.2. The molecule has 0 saturated heterocycles. The highest BCUT2D eigenvalue weighted by atomic mass is 16.1. The Balaban J connectivity index is 2.04. The molecule has 2 aromatic rings. The van der Waals surface area contributed by atoms with E-state index in [1.807, 2.05) is 43.1 Å². The molecule has 0 radical (unpaired) electrons. The summed E-state index contributed by atoms with van der Waals surface area (Å²) in [5.41, 5.74) is 4.33. The summed E-state index contributed by atoms with van der Waals surface area (Å²) in [6.45, 7) is 4.56. The van der Waals surface area contributed by atoms with Gasteiger partial charge in [0.25, 0.3) is 0 Å². The molecule has 2 aromatic carbocycles. The number of anilines is 1. The van der Waals surface area contributed by atoms with Crippen LogP contribution in [0.3, 0.4) is 0 Å². The Hall–Kier alpha value is -2.09. The van der Waals surface area contributed by atoms with E-state index in [-0.39, 0.29) is 5.78 Å². The molecule has 0 atom stereocenters. The van der Waals surface area contributed by atoms with Gasteiger partial charge in [0.15, 0.2) is 5.78 Å². The van der Waals surface area contributed by atoms with Gasteiger partial charge in [0.05, 0.1) is 6.54 Å². The number of rotatable bonds is 5. The molecule has 2 heteroatoms. The predicted molar refractivity (Wildman–Crippen MR) is 84.6 cm³/mol. The highest BCUT2D eigenvalue weighted by Gasteiger charge is 2.09. The van der Waals surface area contributed by atoms with Crippen molar-refractivity contribution in [3.63, 3.8) is 0 Å². The zero-order valence-corrected chi connectivity index (χ0v) is 12.4. The van der Waals surface area contributed by atoms with Crippen molar-refractivity contribution in [2.75, 3.05) is 18.5 Å². The van der Waals surface area contributed by atoms with Crippen LogP contribution in [0.4, 0.5) is 5.69 Å². The minimum absolute atomic E-state index is 0.145. The fourth-order valence-corrected chi connectivity index (χ4v) is 2.12. The van der Waals surface area contributed by atoms with Crippen molar-refractivity contribution in [2.24, 2.45) is 0 Å². The zero-order chi connectivity index (χ0) is 14.5. The molecule has 0 bridgehead atoms. The minimum Gasteiger partial charge on any atom is -0.367 e. The van der Waals surface area contributed by atoms with E-state index in [0.29, 0.717) is 6.54 Å². The van der Waals surface area contributed by atoms with Crippen molar-refractivity contribution in [1.82, 2.24) is 0 Å². The number of Topliss-reactive ketones (excluding diaryl/α,β-unsaturated/α-hetero) is 1. The quantitative estimate of drug-likeness (QED) is 0.766. The summed E-state index contributed by atoms with van der Waals surface area (Å²) >= 11 is 0. The summed E-state index contributed by atoms with van der Waals surface area (Å²) in [6.07, 6.45) is 1.03. The summed E-state index contributed by atoms with van der Waals surface area (Å²) in [5.74, 6) is 0.145. The lowest BCUT2D eigenvalue weighted by atomic mass is 10.1. The van der Waals surface area contributed by atoms with E-state index in [2.05, 4.69) is 31.2 Å². The van der Waals surface area contributed by atoms with Crippen LogP contribution in [-0.2, 0) is 6.42 Å². The van der Waals surface area contributed by atoms with Gasteiger partial charge in [-0.25, -0.2) is 0 Å². The van der Waals surface area contributed by atoms with E-state index in [1.54, 1.807) is 0 Å². The maximum Gasteiger partial charge on any atom is 0.182 e. The lowest BCUT2D eigenvalue weighted by molar-refractivity contribution is 0.100. The van der Waals surface area contributed by atoms with Gasteiger partial charge in [0.2, 0.25) is 0 Å². The summed E-state index contributed by atoms with van der Waals surface area (Å²) in [6, 6.07) is 16.1. The highest BCUT2D eigenvalue weighted by Crippen LogP contribution is 2.15. The first-order valence-electron chi connectivity index (χ1n) is 7.00. The number of carbonyl (C=O) groups excluding carboxylic acids is 1. The SMILES string of the molecule is CCc1ccc(N(C)CC(=O)c2ccc(C)cc2)cc1. The molecule has 0 unspecified atom stereocenters. The van der Waals surface area contributed by atoms with Gasteiger partial charge in [-0.3, -0.25) is 4.79 Å². The lowest BCUT2D eigenvalue weighted by Crippen LogP contribution is -2.25. The summed E-state index contributed by atoms with van der Waals surface area (Å²) in [7, 11) is 1.95. The molecule has 0 N–H and O–H groups in total. The lowest BCUT2D eigenvalue weighted by Gasteiger charge is -2.18. The molecule has 0 aromatic heterocycles.